The van der Waals surface area contributed by atoms with E-state index in [1.54, 1.807) is 6.08 Å². The highest BCUT2D eigenvalue weighted by atomic mass is 16.6. The lowest BCUT2D eigenvalue weighted by molar-refractivity contribution is -0.402. The van der Waals surface area contributed by atoms with Crippen LogP contribution >= 0.6 is 0 Å². The quantitative estimate of drug-likeness (QED) is 0.373. The van der Waals surface area contributed by atoms with Crippen LogP contribution in [0.2, 0.25) is 0 Å². The molecule has 0 amide bonds. The van der Waals surface area contributed by atoms with Crippen molar-refractivity contribution in [1.29, 1.82) is 0 Å². The van der Waals surface area contributed by atoms with Crippen molar-refractivity contribution in [2.24, 2.45) is 0 Å². The van der Waals surface area contributed by atoms with Gasteiger partial charge >= 0.3 is 11.9 Å². The van der Waals surface area contributed by atoms with Gasteiger partial charge in [-0.1, -0.05) is 17.7 Å². The second-order valence-corrected chi connectivity index (χ2v) is 5.25. The third-order valence-electron chi connectivity index (χ3n) is 3.47. The van der Waals surface area contributed by atoms with E-state index in [0.29, 0.717) is 5.76 Å². The van der Waals surface area contributed by atoms with Gasteiger partial charge in [0.1, 0.15) is 16.4 Å². The van der Waals surface area contributed by atoms with E-state index in [0.717, 1.165) is 16.7 Å². The van der Waals surface area contributed by atoms with Crippen molar-refractivity contribution in [3.05, 3.63) is 74.5 Å². The van der Waals surface area contributed by atoms with E-state index >= 15 is 0 Å². The minimum atomic E-state index is -0.633. The molecule has 0 unspecified atom stereocenters. The summed E-state index contributed by atoms with van der Waals surface area (Å²) in [6, 6.07) is 8.55. The number of benzene rings is 1. The van der Waals surface area contributed by atoms with Crippen LogP contribution in [0.5, 0.6) is 0 Å². The molecule has 0 radical (unpaired) electrons. The average molecular weight is 311 g/mol. The highest BCUT2D eigenvalue weighted by Gasteiger charge is 2.24. The second-order valence-electron chi connectivity index (χ2n) is 5.25. The molecule has 1 aliphatic heterocycles. The number of furan rings is 1. The van der Waals surface area contributed by atoms with Crippen molar-refractivity contribution in [1.82, 2.24) is 0 Å². The molecule has 0 fully saturated rings. The molecule has 1 aliphatic rings. The number of hydrogen-bond donors (Lipinski definition) is 0. The van der Waals surface area contributed by atoms with Crippen LogP contribution in [-0.2, 0) is 9.53 Å². The Hall–Kier alpha value is -3.15. The standard InChI is InChI=1S/C17H13NO5/c1-10-3-4-11(2)14(7-10)15-9-12(17(19)23-15)8-13-5-6-16(22-13)18(20)21/h3-9H,1-2H3/b12-8+. The maximum absolute atomic E-state index is 12.0. The monoisotopic (exact) mass is 311 g/mol. The molecule has 23 heavy (non-hydrogen) atoms. The first-order chi connectivity index (χ1) is 10.9. The van der Waals surface area contributed by atoms with Crippen molar-refractivity contribution < 1.29 is 18.9 Å². The molecule has 0 atom stereocenters. The minimum Gasteiger partial charge on any atom is -0.422 e. The largest absolute Gasteiger partial charge is 0.433 e. The second kappa shape index (κ2) is 5.57. The zero-order valence-electron chi connectivity index (χ0n) is 12.5. The highest BCUT2D eigenvalue weighted by molar-refractivity contribution is 6.05. The van der Waals surface area contributed by atoms with Gasteiger partial charge in [0, 0.05) is 5.56 Å². The van der Waals surface area contributed by atoms with Crippen LogP contribution in [-0.4, -0.2) is 10.9 Å². The van der Waals surface area contributed by atoms with Gasteiger partial charge in [0.15, 0.2) is 0 Å². The Kier molecular flexibility index (Phi) is 3.57. The SMILES string of the molecule is Cc1ccc(C)c(C2=C/C(=C\c3ccc([N+](=O)[O-])o3)C(=O)O2)c1. The van der Waals surface area contributed by atoms with Gasteiger partial charge in [0.2, 0.25) is 0 Å². The van der Waals surface area contributed by atoms with Crippen LogP contribution in [0.1, 0.15) is 22.5 Å². The summed E-state index contributed by atoms with van der Waals surface area (Å²) in [5.41, 5.74) is 3.17. The van der Waals surface area contributed by atoms with Crippen molar-refractivity contribution in [2.45, 2.75) is 13.8 Å². The summed E-state index contributed by atoms with van der Waals surface area (Å²) < 4.78 is 10.3. The summed E-state index contributed by atoms with van der Waals surface area (Å²) in [7, 11) is 0. The van der Waals surface area contributed by atoms with Gasteiger partial charge in [-0.2, -0.15) is 0 Å². The molecule has 6 nitrogen and oxygen atoms in total. The fraction of sp³-hybridized carbons (Fsp3) is 0.118. The van der Waals surface area contributed by atoms with Crippen molar-refractivity contribution in [2.75, 3.05) is 0 Å². The molecule has 1 aromatic carbocycles. The fourth-order valence-corrected chi connectivity index (χ4v) is 2.29. The molecule has 3 rings (SSSR count). The number of aryl methyl sites for hydroxylation is 2. The van der Waals surface area contributed by atoms with Gasteiger partial charge < -0.3 is 9.15 Å². The maximum Gasteiger partial charge on any atom is 0.433 e. The zero-order valence-corrected chi connectivity index (χ0v) is 12.5. The molecular formula is C17H13NO5. The van der Waals surface area contributed by atoms with Gasteiger partial charge in [-0.3, -0.25) is 10.1 Å². The lowest BCUT2D eigenvalue weighted by Crippen LogP contribution is -1.98. The van der Waals surface area contributed by atoms with E-state index in [1.165, 1.54) is 18.2 Å². The number of carbonyl (C=O) groups excluding carboxylic acids is 1. The zero-order chi connectivity index (χ0) is 16.6. The summed E-state index contributed by atoms with van der Waals surface area (Å²) in [6.07, 6.45) is 3.03. The van der Waals surface area contributed by atoms with Gasteiger partial charge in [0.25, 0.3) is 0 Å². The molecule has 2 heterocycles. The van der Waals surface area contributed by atoms with Crippen LogP contribution in [0.4, 0.5) is 5.88 Å². The van der Waals surface area contributed by atoms with Gasteiger partial charge in [-0.05, 0) is 43.7 Å². The number of nitro groups is 1. The summed E-state index contributed by atoms with van der Waals surface area (Å²) in [4.78, 5) is 22.0. The summed E-state index contributed by atoms with van der Waals surface area (Å²) in [5, 5.41) is 10.6. The number of cyclic esters (lactones) is 1. The van der Waals surface area contributed by atoms with Crippen LogP contribution in [0.15, 0.2) is 46.4 Å². The van der Waals surface area contributed by atoms with E-state index < -0.39 is 10.9 Å². The number of esters is 1. The number of nitrogens with zero attached hydrogens (tertiary/aromatic N) is 1. The average Bonchev–Trinajstić information content (AvgIpc) is 3.10. The van der Waals surface area contributed by atoms with Crippen LogP contribution in [0.25, 0.3) is 11.8 Å². The van der Waals surface area contributed by atoms with E-state index in [-0.39, 0.29) is 17.2 Å². The predicted molar refractivity (Wildman–Crippen MR) is 83.3 cm³/mol. The summed E-state index contributed by atoms with van der Waals surface area (Å²) in [5.74, 6) is -0.201. The fourth-order valence-electron chi connectivity index (χ4n) is 2.29. The molecule has 0 saturated heterocycles. The first kappa shape index (κ1) is 14.8. The number of ether oxygens (including phenoxy) is 1. The topological polar surface area (TPSA) is 82.6 Å². The van der Waals surface area contributed by atoms with Crippen molar-refractivity contribution in [3.63, 3.8) is 0 Å². The Labute approximate surface area is 131 Å². The maximum atomic E-state index is 12.0. The molecule has 0 spiro atoms. The number of carbonyl (C=O) groups is 1. The lowest BCUT2D eigenvalue weighted by Gasteiger charge is -2.06. The third kappa shape index (κ3) is 2.91. The summed E-state index contributed by atoms with van der Waals surface area (Å²) >= 11 is 0. The van der Waals surface area contributed by atoms with E-state index in [2.05, 4.69) is 0 Å². The first-order valence-electron chi connectivity index (χ1n) is 6.91. The number of hydrogen-bond acceptors (Lipinski definition) is 5. The Balaban J connectivity index is 1.96. The van der Waals surface area contributed by atoms with Crippen molar-refractivity contribution in [3.8, 4) is 0 Å². The van der Waals surface area contributed by atoms with Crippen LogP contribution < -0.4 is 0 Å². The summed E-state index contributed by atoms with van der Waals surface area (Å²) in [6.45, 7) is 3.89. The van der Waals surface area contributed by atoms with Gasteiger partial charge in [-0.15, -0.1) is 0 Å². The first-order valence-corrected chi connectivity index (χ1v) is 6.91. The Bertz CT molecular complexity index is 873. The normalized spacial score (nSPS) is 15.7. The molecule has 1 aromatic heterocycles. The highest BCUT2D eigenvalue weighted by Crippen LogP contribution is 2.30. The Morgan fingerprint density at radius 3 is 2.65 bits per heavy atom. The van der Waals surface area contributed by atoms with Gasteiger partial charge in [0.05, 0.1) is 11.6 Å². The molecule has 6 heteroatoms. The minimum absolute atomic E-state index is 0.224. The van der Waals surface area contributed by atoms with E-state index in [9.17, 15) is 14.9 Å². The molecule has 0 aliphatic carbocycles. The molecule has 0 bridgehead atoms. The van der Waals surface area contributed by atoms with Gasteiger partial charge in [-0.25, -0.2) is 4.79 Å². The van der Waals surface area contributed by atoms with Crippen LogP contribution in [0.3, 0.4) is 0 Å². The molecular weight excluding hydrogens is 298 g/mol. The van der Waals surface area contributed by atoms with Crippen molar-refractivity contribution >= 4 is 23.7 Å². The third-order valence-corrected chi connectivity index (χ3v) is 3.47. The van der Waals surface area contributed by atoms with E-state index in [1.807, 2.05) is 32.0 Å². The Morgan fingerprint density at radius 1 is 1.17 bits per heavy atom. The molecule has 116 valence electrons. The molecule has 0 N–H and O–H groups in total. The van der Waals surface area contributed by atoms with Crippen LogP contribution in [0, 0.1) is 24.0 Å². The predicted octanol–water partition coefficient (Wildman–Crippen LogP) is 3.79. The number of rotatable bonds is 3. The molecule has 0 saturated carbocycles. The lowest BCUT2D eigenvalue weighted by atomic mass is 10.0. The smallest absolute Gasteiger partial charge is 0.422 e. The Morgan fingerprint density at radius 2 is 1.96 bits per heavy atom. The molecule has 2 aromatic rings. The van der Waals surface area contributed by atoms with E-state index in [4.69, 9.17) is 9.15 Å².